The Morgan fingerprint density at radius 3 is 2.62 bits per heavy atom. The van der Waals surface area contributed by atoms with Crippen molar-refractivity contribution in [1.29, 1.82) is 0 Å². The van der Waals surface area contributed by atoms with Gasteiger partial charge in [0, 0.05) is 18.7 Å². The lowest BCUT2D eigenvalue weighted by atomic mass is 9.84. The highest BCUT2D eigenvalue weighted by atomic mass is 16.3. The van der Waals surface area contributed by atoms with Crippen molar-refractivity contribution in [1.82, 2.24) is 9.78 Å². The topological polar surface area (TPSA) is 38.0 Å². The first-order valence-electron chi connectivity index (χ1n) is 4.68. The first kappa shape index (κ1) is 8.75. The van der Waals surface area contributed by atoms with Crippen LogP contribution in [-0.2, 0) is 12.6 Å². The Bertz CT molecular complexity index is 323. The average molecular weight is 180 g/mol. The molecule has 3 heteroatoms. The Hall–Kier alpha value is -0.830. The lowest BCUT2D eigenvalue weighted by molar-refractivity contribution is -0.0199. The lowest BCUT2D eigenvalue weighted by Gasteiger charge is -2.30. The Balaban J connectivity index is 2.40. The van der Waals surface area contributed by atoms with Crippen molar-refractivity contribution < 1.29 is 5.11 Å². The second kappa shape index (κ2) is 2.35. The third-order valence-corrected chi connectivity index (χ3v) is 3.49. The molecule has 1 N–H and O–H groups in total. The highest BCUT2D eigenvalue weighted by Crippen LogP contribution is 2.57. The van der Waals surface area contributed by atoms with E-state index in [0.29, 0.717) is 0 Å². The first-order chi connectivity index (χ1) is 5.97. The number of nitrogens with zero attached hydrogens (tertiary/aromatic N) is 2. The molecule has 1 aliphatic rings. The fourth-order valence-electron chi connectivity index (χ4n) is 1.83. The molecule has 0 saturated heterocycles. The molecular weight excluding hydrogens is 164 g/mol. The van der Waals surface area contributed by atoms with Crippen LogP contribution in [0, 0.1) is 5.41 Å². The van der Waals surface area contributed by atoms with Crippen molar-refractivity contribution in [2.24, 2.45) is 12.5 Å². The molecule has 1 atom stereocenters. The van der Waals surface area contributed by atoms with E-state index < -0.39 is 5.60 Å². The Kier molecular flexibility index (Phi) is 1.58. The van der Waals surface area contributed by atoms with Gasteiger partial charge in [-0.3, -0.25) is 4.68 Å². The van der Waals surface area contributed by atoms with Crippen molar-refractivity contribution in [2.75, 3.05) is 0 Å². The summed E-state index contributed by atoms with van der Waals surface area (Å²) in [7, 11) is 1.87. The Labute approximate surface area is 78.4 Å². The van der Waals surface area contributed by atoms with Crippen molar-refractivity contribution in [3.8, 4) is 0 Å². The lowest BCUT2D eigenvalue weighted by Crippen LogP contribution is -2.33. The predicted octanol–water partition coefficient (Wildman–Crippen LogP) is 1.43. The van der Waals surface area contributed by atoms with Gasteiger partial charge < -0.3 is 5.11 Å². The summed E-state index contributed by atoms with van der Waals surface area (Å²) in [5, 5.41) is 14.5. The van der Waals surface area contributed by atoms with Crippen LogP contribution in [0.5, 0.6) is 0 Å². The third-order valence-electron chi connectivity index (χ3n) is 3.49. The molecule has 1 aromatic heterocycles. The molecule has 1 heterocycles. The first-order valence-corrected chi connectivity index (χ1v) is 4.68. The van der Waals surface area contributed by atoms with Crippen LogP contribution in [0.1, 0.15) is 32.4 Å². The van der Waals surface area contributed by atoms with Gasteiger partial charge in [0.15, 0.2) is 0 Å². The van der Waals surface area contributed by atoms with Crippen LogP contribution < -0.4 is 0 Å². The van der Waals surface area contributed by atoms with Gasteiger partial charge in [0.1, 0.15) is 5.60 Å². The second-order valence-corrected chi connectivity index (χ2v) is 4.47. The summed E-state index contributed by atoms with van der Waals surface area (Å²) in [4.78, 5) is 0. The number of aliphatic hydroxyl groups is 1. The van der Waals surface area contributed by atoms with Crippen LogP contribution in [0.4, 0.5) is 0 Å². The molecule has 0 spiro atoms. The van der Waals surface area contributed by atoms with Gasteiger partial charge in [-0.2, -0.15) is 5.10 Å². The normalized spacial score (nSPS) is 24.0. The van der Waals surface area contributed by atoms with Crippen LogP contribution >= 0.6 is 0 Å². The molecular formula is C10H16N2O. The van der Waals surface area contributed by atoms with Gasteiger partial charge in [0.2, 0.25) is 0 Å². The summed E-state index contributed by atoms with van der Waals surface area (Å²) in [6.07, 6.45) is 3.94. The minimum Gasteiger partial charge on any atom is -0.383 e. The van der Waals surface area contributed by atoms with E-state index in [4.69, 9.17) is 0 Å². The van der Waals surface area contributed by atoms with E-state index in [1.165, 1.54) is 0 Å². The number of hydrogen-bond donors (Lipinski definition) is 1. The summed E-state index contributed by atoms with van der Waals surface area (Å²) in [5.74, 6) is 0. The van der Waals surface area contributed by atoms with Gasteiger partial charge in [0.25, 0.3) is 0 Å². The SMILES string of the molecule is Cn1nccc1C(C)(O)C1(C)CC1. The number of rotatable bonds is 2. The molecule has 2 rings (SSSR count). The van der Waals surface area contributed by atoms with Crippen LogP contribution in [0.3, 0.4) is 0 Å². The van der Waals surface area contributed by atoms with Crippen LogP contribution in [0.15, 0.2) is 12.3 Å². The molecule has 1 unspecified atom stereocenters. The second-order valence-electron chi connectivity index (χ2n) is 4.47. The van der Waals surface area contributed by atoms with E-state index in [9.17, 15) is 5.11 Å². The molecule has 1 fully saturated rings. The molecule has 72 valence electrons. The Morgan fingerprint density at radius 2 is 2.23 bits per heavy atom. The highest BCUT2D eigenvalue weighted by molar-refractivity contribution is 5.19. The summed E-state index contributed by atoms with van der Waals surface area (Å²) in [6, 6.07) is 1.89. The number of hydrogen-bond acceptors (Lipinski definition) is 2. The molecule has 13 heavy (non-hydrogen) atoms. The molecule has 0 bridgehead atoms. The number of aromatic nitrogens is 2. The van der Waals surface area contributed by atoms with E-state index in [-0.39, 0.29) is 5.41 Å². The fraction of sp³-hybridized carbons (Fsp3) is 0.700. The third kappa shape index (κ3) is 1.10. The van der Waals surface area contributed by atoms with E-state index in [0.717, 1.165) is 18.5 Å². The zero-order valence-corrected chi connectivity index (χ0v) is 8.41. The minimum absolute atomic E-state index is 0.0563. The van der Waals surface area contributed by atoms with E-state index in [2.05, 4.69) is 12.0 Å². The quantitative estimate of drug-likeness (QED) is 0.747. The van der Waals surface area contributed by atoms with Gasteiger partial charge in [0.05, 0.1) is 5.69 Å². The minimum atomic E-state index is -0.738. The predicted molar refractivity (Wildman–Crippen MR) is 50.1 cm³/mol. The van der Waals surface area contributed by atoms with Gasteiger partial charge in [-0.05, 0) is 25.8 Å². The van der Waals surface area contributed by atoms with Crippen molar-refractivity contribution in [2.45, 2.75) is 32.3 Å². The van der Waals surface area contributed by atoms with Crippen molar-refractivity contribution in [3.05, 3.63) is 18.0 Å². The maximum atomic E-state index is 10.4. The average Bonchev–Trinajstić information content (AvgIpc) is 2.63. The summed E-state index contributed by atoms with van der Waals surface area (Å²) < 4.78 is 1.75. The molecule has 1 aliphatic carbocycles. The van der Waals surface area contributed by atoms with E-state index >= 15 is 0 Å². The zero-order valence-electron chi connectivity index (χ0n) is 8.41. The summed E-state index contributed by atoms with van der Waals surface area (Å²) >= 11 is 0. The van der Waals surface area contributed by atoms with Gasteiger partial charge in [-0.15, -0.1) is 0 Å². The van der Waals surface area contributed by atoms with Crippen LogP contribution in [0.25, 0.3) is 0 Å². The van der Waals surface area contributed by atoms with Crippen molar-refractivity contribution >= 4 is 0 Å². The molecule has 1 saturated carbocycles. The van der Waals surface area contributed by atoms with E-state index in [1.54, 1.807) is 10.9 Å². The molecule has 3 nitrogen and oxygen atoms in total. The van der Waals surface area contributed by atoms with Gasteiger partial charge >= 0.3 is 0 Å². The van der Waals surface area contributed by atoms with Crippen LogP contribution in [-0.4, -0.2) is 14.9 Å². The molecule has 0 radical (unpaired) electrons. The smallest absolute Gasteiger partial charge is 0.109 e. The van der Waals surface area contributed by atoms with Gasteiger partial charge in [-0.1, -0.05) is 6.92 Å². The largest absolute Gasteiger partial charge is 0.383 e. The summed E-state index contributed by atoms with van der Waals surface area (Å²) in [5.41, 5.74) is 0.228. The highest BCUT2D eigenvalue weighted by Gasteiger charge is 2.54. The maximum Gasteiger partial charge on any atom is 0.109 e. The summed E-state index contributed by atoms with van der Waals surface area (Å²) in [6.45, 7) is 4.01. The Morgan fingerprint density at radius 1 is 1.62 bits per heavy atom. The van der Waals surface area contributed by atoms with Crippen molar-refractivity contribution in [3.63, 3.8) is 0 Å². The molecule has 0 aliphatic heterocycles. The molecule has 0 amide bonds. The van der Waals surface area contributed by atoms with Gasteiger partial charge in [-0.25, -0.2) is 0 Å². The molecule has 1 aromatic rings. The fourth-order valence-corrected chi connectivity index (χ4v) is 1.83. The zero-order chi connectivity index (χ0) is 9.69. The van der Waals surface area contributed by atoms with E-state index in [1.807, 2.05) is 20.0 Å². The monoisotopic (exact) mass is 180 g/mol. The number of aryl methyl sites for hydroxylation is 1. The maximum absolute atomic E-state index is 10.4. The van der Waals surface area contributed by atoms with Crippen LogP contribution in [0.2, 0.25) is 0 Å². The standard InChI is InChI=1S/C10H16N2O/c1-9(5-6-9)10(2,13)8-4-7-11-12(8)3/h4,7,13H,5-6H2,1-3H3. The molecule has 0 aromatic carbocycles.